The maximum Gasteiger partial charge on any atom is 0.246 e. The smallest absolute Gasteiger partial charge is 0.246 e. The molecule has 31 heteroatoms. The number of hydrogen-bond donors (Lipinski definition) is 11. The number of carbonyl (C=O) groups is 12. The Kier molecular flexibility index (Phi) is 28.3. The molecule has 10 atom stereocenters. The lowest BCUT2D eigenvalue weighted by Crippen LogP contribution is -2.64. The average molecular weight is 1540 g/mol. The van der Waals surface area contributed by atoms with E-state index in [2.05, 4.69) is 74.3 Å². The Balaban J connectivity index is 1.09. The van der Waals surface area contributed by atoms with Gasteiger partial charge in [-0.15, -0.1) is 0 Å². The summed E-state index contributed by atoms with van der Waals surface area (Å²) in [5.74, 6) is -8.98. The highest BCUT2D eigenvalue weighted by molar-refractivity contribution is 6.00. The van der Waals surface area contributed by atoms with Crippen LogP contribution < -0.4 is 62.6 Å². The minimum Gasteiger partial charge on any atom is -0.497 e. The van der Waals surface area contributed by atoms with E-state index < -0.39 is 156 Å². The summed E-state index contributed by atoms with van der Waals surface area (Å²) in [7, 11) is 7.67. The predicted molar refractivity (Wildman–Crippen MR) is 406 cm³/mol. The van der Waals surface area contributed by atoms with E-state index in [0.717, 1.165) is 28.8 Å². The second-order valence-electron chi connectivity index (χ2n) is 30.8. The number of fused-ring (bicyclic) bond motifs is 12. The highest BCUT2D eigenvalue weighted by Crippen LogP contribution is 2.33. The molecule has 6 heterocycles. The lowest BCUT2D eigenvalue weighted by molar-refractivity contribution is -0.870. The highest BCUT2D eigenvalue weighted by Gasteiger charge is 2.50. The van der Waals surface area contributed by atoms with Crippen molar-refractivity contribution < 1.29 is 85.7 Å². The van der Waals surface area contributed by atoms with Gasteiger partial charge in [0, 0.05) is 101 Å². The van der Waals surface area contributed by atoms with Crippen LogP contribution in [0.3, 0.4) is 0 Å². The number of aliphatic hydroxyl groups excluding tert-OH is 1. The average Bonchev–Trinajstić information content (AvgIpc) is 1.67. The lowest BCUT2D eigenvalue weighted by Gasteiger charge is -2.37. The molecular weight excluding hydrogens is 1430 g/mol. The number of aliphatic hydroxyl groups is 1. The van der Waals surface area contributed by atoms with Crippen LogP contribution in [0.5, 0.6) is 11.5 Å². The highest BCUT2D eigenvalue weighted by atomic mass is 19.1. The topological polar surface area (TPSA) is 384 Å². The number of methoxy groups -OCH3 is 1. The van der Waals surface area contributed by atoms with Gasteiger partial charge < -0.3 is 91.3 Å². The number of halogens is 1. The molecule has 5 aromatic rings. The molecule has 2 fully saturated rings. The van der Waals surface area contributed by atoms with Crippen molar-refractivity contribution in [3.63, 3.8) is 0 Å². The third-order valence-electron chi connectivity index (χ3n) is 21.0. The molecule has 1 aromatic heterocycles. The number of unbranched alkanes of at least 4 members (excludes halogenated alkanes) is 2. The number of ether oxygens (including phenoxy) is 3. The first-order chi connectivity index (χ1) is 53.0. The monoisotopic (exact) mass is 1540 g/mol. The molecule has 598 valence electrons. The van der Waals surface area contributed by atoms with Crippen LogP contribution in [0.25, 0.3) is 10.9 Å². The largest absolute Gasteiger partial charge is 0.497 e. The summed E-state index contributed by atoms with van der Waals surface area (Å²) in [5, 5.41) is 39.8. The molecule has 111 heavy (non-hydrogen) atoms. The molecule has 0 unspecified atom stereocenters. The van der Waals surface area contributed by atoms with Crippen molar-refractivity contribution in [3.8, 4) is 11.5 Å². The fourth-order valence-corrected chi connectivity index (χ4v) is 14.8. The van der Waals surface area contributed by atoms with Crippen molar-refractivity contribution in [2.45, 2.75) is 197 Å². The zero-order valence-corrected chi connectivity index (χ0v) is 64.3. The van der Waals surface area contributed by atoms with Gasteiger partial charge in [-0.2, -0.15) is 0 Å². The number of amides is 12. The maximum absolute atomic E-state index is 16.2. The SMILES string of the molecule is COc1ccc(C[C@@H]2NC(=O)[C@H]([C@@H](C)O)NC(=O)[C@@H]3[C@@H]4CCN3C(=O)[C@@H]3Cc5cn(c6ccc(F)cc56)CCCCOc5cc(cc(c5)CNC(=O)CCC(=O)N[C@@H](C)C(=O)N[C@H](CNC(=O)CCCCC[N+](C)(C)C)C(=O)N[C@@H](Cc5cccc(c5)CNC(=O)CO4)C(=O)N3)CCNC(=O)[C@]3(C)CCCN3C2=O)cc1. The molecule has 4 aromatic carbocycles. The van der Waals surface area contributed by atoms with E-state index in [9.17, 15) is 33.9 Å². The second-order valence-corrected chi connectivity index (χ2v) is 30.8. The molecule has 30 nitrogen and oxygen atoms in total. The Hall–Kier alpha value is -10.5. The van der Waals surface area contributed by atoms with Crippen LogP contribution in [-0.4, -0.2) is 229 Å². The third kappa shape index (κ3) is 22.6. The van der Waals surface area contributed by atoms with Crippen molar-refractivity contribution >= 4 is 81.8 Å². The Labute approximate surface area is 645 Å². The first-order valence-corrected chi connectivity index (χ1v) is 38.4. The Bertz CT molecular complexity index is 4240. The van der Waals surface area contributed by atoms with Crippen molar-refractivity contribution in [1.82, 2.24) is 67.5 Å². The molecular formula is C80H106FN14O16+. The molecule has 0 radical (unpaired) electrons. The molecule has 12 amide bonds. The summed E-state index contributed by atoms with van der Waals surface area (Å²) in [5.41, 5.74) is 2.30. The van der Waals surface area contributed by atoms with Crippen LogP contribution in [0, 0.1) is 5.82 Å². The van der Waals surface area contributed by atoms with Crippen LogP contribution >= 0.6 is 0 Å². The summed E-state index contributed by atoms with van der Waals surface area (Å²) in [6.07, 6.45) is 1.08. The molecule has 2 saturated heterocycles. The molecule has 10 rings (SSSR count). The fourth-order valence-electron chi connectivity index (χ4n) is 14.8. The summed E-state index contributed by atoms with van der Waals surface area (Å²) in [6.45, 7) is 4.28. The van der Waals surface area contributed by atoms with Gasteiger partial charge in [0.1, 0.15) is 71.8 Å². The summed E-state index contributed by atoms with van der Waals surface area (Å²) < 4.78 is 36.5. The predicted octanol–water partition coefficient (Wildman–Crippen LogP) is 1.45. The van der Waals surface area contributed by atoms with Crippen molar-refractivity contribution in [2.75, 3.05) is 74.2 Å². The Morgan fingerprint density at radius 1 is 0.694 bits per heavy atom. The molecule has 0 saturated carbocycles. The number of carbonyl (C=O) groups excluding carboxylic acids is 12. The molecule has 0 spiro atoms. The summed E-state index contributed by atoms with van der Waals surface area (Å²) in [4.78, 5) is 180. The quantitative estimate of drug-likeness (QED) is 0.0622. The van der Waals surface area contributed by atoms with E-state index in [1.807, 2.05) is 16.7 Å². The molecule has 12 bridgehead atoms. The maximum atomic E-state index is 16.2. The van der Waals surface area contributed by atoms with Gasteiger partial charge in [-0.25, -0.2) is 4.39 Å². The lowest BCUT2D eigenvalue weighted by atomic mass is 9.95. The first-order valence-electron chi connectivity index (χ1n) is 38.4. The van der Waals surface area contributed by atoms with Gasteiger partial charge >= 0.3 is 0 Å². The van der Waals surface area contributed by atoms with Crippen molar-refractivity contribution in [3.05, 3.63) is 130 Å². The van der Waals surface area contributed by atoms with Gasteiger partial charge in [0.05, 0.1) is 53.6 Å². The normalized spacial score (nSPS) is 24.7. The number of nitrogens with one attached hydrogen (secondary N) is 10. The zero-order chi connectivity index (χ0) is 79.7. The number of quaternary nitrogens is 1. The van der Waals surface area contributed by atoms with Gasteiger partial charge in [-0.3, -0.25) is 57.5 Å². The van der Waals surface area contributed by atoms with Crippen LogP contribution in [0.4, 0.5) is 4.39 Å². The summed E-state index contributed by atoms with van der Waals surface area (Å²) >= 11 is 0. The van der Waals surface area contributed by atoms with E-state index >= 15 is 33.2 Å². The van der Waals surface area contributed by atoms with E-state index in [4.69, 9.17) is 14.2 Å². The van der Waals surface area contributed by atoms with Crippen LogP contribution in [0.1, 0.15) is 125 Å². The standard InChI is InChI=1S/C80H105FN14O16/c1-48-72(101)90-63(45-85-66(97)17-9-8-11-33-95(4,5)6)74(103)87-60-40-51-15-13-16-53(35-51)43-84-69(100)47-111-65-27-32-93-71(65)76(105)91-70(49(2)96)75(104)89-61(39-50-18-21-57(109-7)22-19-50)78(107)94-31-14-28-80(94,3)79(108)82-29-26-52-36-54(44-83-67(98)24-25-68(99)86-48)38-58(37-52)110-34-12-10-30-92-46-55(41-62(77(93)106)88-73(60)102)59-42-56(81)20-23-64(59)92/h13,15-16,18-23,35-38,42,46,48-49,60-63,65,70-71,96H,8-12,14,17,24-34,39-41,43-45,47H2,1-7H3,(H9-,82,83,84,85,86,87,88,89,90,91,97,98,99,100,101,102,103,104,105,108)/p+1/t48-,49+,60-,61-,62-,63+,65-,70-,71-,80-/m0/s1. The van der Waals surface area contributed by atoms with E-state index in [-0.39, 0.29) is 90.7 Å². The number of aromatic nitrogens is 1. The Morgan fingerprint density at radius 2 is 1.41 bits per heavy atom. The van der Waals surface area contributed by atoms with Crippen LogP contribution in [0.2, 0.25) is 0 Å². The van der Waals surface area contributed by atoms with E-state index in [0.29, 0.717) is 88.0 Å². The summed E-state index contributed by atoms with van der Waals surface area (Å²) in [6, 6.07) is 11.7. The molecule has 11 N–H and O–H groups in total. The Morgan fingerprint density at radius 3 is 2.18 bits per heavy atom. The van der Waals surface area contributed by atoms with Crippen LogP contribution in [0.15, 0.2) is 91.1 Å². The third-order valence-corrected chi connectivity index (χ3v) is 21.0. The van der Waals surface area contributed by atoms with Gasteiger partial charge in [0.15, 0.2) is 0 Å². The van der Waals surface area contributed by atoms with Crippen molar-refractivity contribution in [2.24, 2.45) is 0 Å². The first kappa shape index (κ1) is 83.0. The number of nitrogens with zero attached hydrogens (tertiary/aromatic N) is 4. The second kappa shape index (κ2) is 37.9. The molecule has 0 aliphatic carbocycles. The number of rotatable bonds is 12. The molecule has 5 aliphatic heterocycles. The minimum atomic E-state index is -1.86. The molecule has 5 aliphatic rings. The van der Waals surface area contributed by atoms with Gasteiger partial charge in [0.2, 0.25) is 70.9 Å². The fraction of sp³-hybridized carbons (Fsp3) is 0.525. The van der Waals surface area contributed by atoms with E-state index in [1.54, 1.807) is 73.8 Å². The number of benzene rings is 4. The van der Waals surface area contributed by atoms with E-state index in [1.165, 1.54) is 38.0 Å². The van der Waals surface area contributed by atoms with Crippen LogP contribution in [-0.2, 0) is 108 Å². The van der Waals surface area contributed by atoms with Gasteiger partial charge in [0.25, 0.3) is 0 Å². The minimum absolute atomic E-state index is 0.0161. The van der Waals surface area contributed by atoms with Gasteiger partial charge in [-0.1, -0.05) is 42.5 Å². The number of aryl methyl sites for hydroxylation is 1. The van der Waals surface area contributed by atoms with Crippen molar-refractivity contribution in [1.29, 1.82) is 0 Å². The zero-order valence-electron chi connectivity index (χ0n) is 64.3. The number of hydrogen-bond acceptors (Lipinski definition) is 16. The van der Waals surface area contributed by atoms with Gasteiger partial charge in [-0.05, 0) is 154 Å².